The summed E-state index contributed by atoms with van der Waals surface area (Å²) in [6.45, 7) is 3.47. The van der Waals surface area contributed by atoms with Crippen LogP contribution in [0, 0.1) is 17.0 Å². The molecular formula is C13H16F2O3. The highest BCUT2D eigenvalue weighted by Gasteiger charge is 2.26. The van der Waals surface area contributed by atoms with E-state index in [4.69, 9.17) is 9.84 Å². The van der Waals surface area contributed by atoms with E-state index in [1.807, 2.05) is 0 Å². The minimum Gasteiger partial charge on any atom is -0.493 e. The zero-order chi connectivity index (χ0) is 13.8. The first-order chi connectivity index (χ1) is 8.31. The average molecular weight is 258 g/mol. The third-order valence-electron chi connectivity index (χ3n) is 2.63. The first-order valence-electron chi connectivity index (χ1n) is 5.63. The van der Waals surface area contributed by atoms with Crippen LogP contribution in [-0.2, 0) is 4.79 Å². The maximum Gasteiger partial charge on any atom is 0.309 e. The predicted octanol–water partition coefficient (Wildman–Crippen LogP) is 3.23. The first-order valence-corrected chi connectivity index (χ1v) is 5.63. The fourth-order valence-corrected chi connectivity index (χ4v) is 1.42. The molecule has 0 amide bonds. The number of carboxylic acids is 1. The Kier molecular flexibility index (Phi) is 4.64. The molecule has 0 saturated heterocycles. The molecule has 0 bridgehead atoms. The second-order valence-electron chi connectivity index (χ2n) is 4.75. The maximum absolute atomic E-state index is 12.8. The molecule has 1 rings (SSSR count). The summed E-state index contributed by atoms with van der Waals surface area (Å²) in [5.74, 6) is -2.16. The molecule has 100 valence electrons. The number of hydrogen-bond acceptors (Lipinski definition) is 2. The van der Waals surface area contributed by atoms with Gasteiger partial charge in [0.05, 0.1) is 12.0 Å². The van der Waals surface area contributed by atoms with Crippen LogP contribution in [0.5, 0.6) is 5.75 Å². The fraction of sp³-hybridized carbons (Fsp3) is 0.462. The van der Waals surface area contributed by atoms with E-state index in [0.717, 1.165) is 18.2 Å². The Hall–Kier alpha value is -1.65. The van der Waals surface area contributed by atoms with E-state index >= 15 is 0 Å². The molecule has 0 aliphatic rings. The van der Waals surface area contributed by atoms with Crippen molar-refractivity contribution in [1.82, 2.24) is 0 Å². The van der Waals surface area contributed by atoms with Gasteiger partial charge in [0.1, 0.15) is 17.4 Å². The van der Waals surface area contributed by atoms with E-state index in [1.165, 1.54) is 0 Å². The van der Waals surface area contributed by atoms with Crippen molar-refractivity contribution in [2.75, 3.05) is 6.61 Å². The number of aliphatic carboxylic acids is 1. The van der Waals surface area contributed by atoms with Crippen molar-refractivity contribution < 1.29 is 23.4 Å². The number of ether oxygens (including phenoxy) is 1. The van der Waals surface area contributed by atoms with Crippen LogP contribution in [-0.4, -0.2) is 17.7 Å². The van der Waals surface area contributed by atoms with Crippen molar-refractivity contribution in [2.24, 2.45) is 5.41 Å². The lowest BCUT2D eigenvalue weighted by Gasteiger charge is -2.18. The van der Waals surface area contributed by atoms with Crippen LogP contribution in [0.15, 0.2) is 18.2 Å². The zero-order valence-electron chi connectivity index (χ0n) is 10.4. The topological polar surface area (TPSA) is 46.5 Å². The van der Waals surface area contributed by atoms with Crippen LogP contribution >= 0.6 is 0 Å². The maximum atomic E-state index is 12.8. The van der Waals surface area contributed by atoms with Crippen LogP contribution in [0.3, 0.4) is 0 Å². The monoisotopic (exact) mass is 258 g/mol. The zero-order valence-corrected chi connectivity index (χ0v) is 10.4. The molecule has 5 heteroatoms. The summed E-state index contributed by atoms with van der Waals surface area (Å²) in [4.78, 5) is 10.8. The number of carbonyl (C=O) groups is 1. The highest BCUT2D eigenvalue weighted by atomic mass is 19.1. The van der Waals surface area contributed by atoms with Gasteiger partial charge in [-0.3, -0.25) is 4.79 Å². The van der Waals surface area contributed by atoms with Gasteiger partial charge >= 0.3 is 5.97 Å². The molecule has 0 atom stereocenters. The highest BCUT2D eigenvalue weighted by molar-refractivity contribution is 5.73. The van der Waals surface area contributed by atoms with Gasteiger partial charge in [-0.05, 0) is 26.7 Å². The van der Waals surface area contributed by atoms with E-state index in [-0.39, 0.29) is 12.4 Å². The van der Waals surface area contributed by atoms with Gasteiger partial charge in [0.25, 0.3) is 0 Å². The fourth-order valence-electron chi connectivity index (χ4n) is 1.42. The highest BCUT2D eigenvalue weighted by Crippen LogP contribution is 2.23. The second kappa shape index (κ2) is 5.80. The first kappa shape index (κ1) is 14.4. The third-order valence-corrected chi connectivity index (χ3v) is 2.63. The molecule has 0 spiro atoms. The minimum absolute atomic E-state index is 0.112. The molecule has 0 unspecified atom stereocenters. The molecule has 0 fully saturated rings. The van der Waals surface area contributed by atoms with Crippen LogP contribution in [0.1, 0.15) is 26.7 Å². The molecule has 0 saturated carbocycles. The summed E-state index contributed by atoms with van der Waals surface area (Å²) in [6, 6.07) is 2.94. The van der Waals surface area contributed by atoms with Gasteiger partial charge in [-0.25, -0.2) is 8.78 Å². The van der Waals surface area contributed by atoms with Crippen molar-refractivity contribution in [2.45, 2.75) is 26.7 Å². The summed E-state index contributed by atoms with van der Waals surface area (Å²) in [5.41, 5.74) is -0.823. The van der Waals surface area contributed by atoms with Gasteiger partial charge < -0.3 is 9.84 Å². The molecule has 1 aromatic rings. The van der Waals surface area contributed by atoms with Gasteiger partial charge in [-0.15, -0.1) is 0 Å². The van der Waals surface area contributed by atoms with Crippen LogP contribution < -0.4 is 4.74 Å². The summed E-state index contributed by atoms with van der Waals surface area (Å²) in [7, 11) is 0. The smallest absolute Gasteiger partial charge is 0.309 e. The number of rotatable bonds is 6. The number of halogens is 2. The summed E-state index contributed by atoms with van der Waals surface area (Å²) < 4.78 is 30.8. The van der Waals surface area contributed by atoms with Gasteiger partial charge in [0, 0.05) is 18.2 Å². The Morgan fingerprint density at radius 1 is 1.28 bits per heavy atom. The normalized spacial score (nSPS) is 11.3. The Bertz CT molecular complexity index is 410. The quantitative estimate of drug-likeness (QED) is 0.797. The Labute approximate surface area is 104 Å². The lowest BCUT2D eigenvalue weighted by molar-refractivity contribution is -0.147. The molecule has 3 nitrogen and oxygen atoms in total. The predicted molar refractivity (Wildman–Crippen MR) is 62.5 cm³/mol. The van der Waals surface area contributed by atoms with E-state index in [9.17, 15) is 13.6 Å². The Morgan fingerprint density at radius 3 is 2.33 bits per heavy atom. The van der Waals surface area contributed by atoms with E-state index in [0.29, 0.717) is 12.8 Å². The third kappa shape index (κ3) is 4.31. The van der Waals surface area contributed by atoms with Gasteiger partial charge in [-0.2, -0.15) is 0 Å². The van der Waals surface area contributed by atoms with Crippen molar-refractivity contribution >= 4 is 5.97 Å². The lowest BCUT2D eigenvalue weighted by Crippen LogP contribution is -2.24. The SMILES string of the molecule is CC(C)(CCCOc1cc(F)cc(F)c1)C(=O)O. The summed E-state index contributed by atoms with van der Waals surface area (Å²) in [6.07, 6.45) is 0.928. The van der Waals surface area contributed by atoms with Gasteiger partial charge in [0.15, 0.2) is 0 Å². The molecule has 18 heavy (non-hydrogen) atoms. The van der Waals surface area contributed by atoms with E-state index in [2.05, 4.69) is 0 Å². The molecule has 0 radical (unpaired) electrons. The summed E-state index contributed by atoms with van der Waals surface area (Å²) >= 11 is 0. The van der Waals surface area contributed by atoms with Crippen LogP contribution in [0.2, 0.25) is 0 Å². The summed E-state index contributed by atoms with van der Waals surface area (Å²) in [5, 5.41) is 8.89. The number of benzene rings is 1. The van der Waals surface area contributed by atoms with Crippen molar-refractivity contribution in [3.05, 3.63) is 29.8 Å². The largest absolute Gasteiger partial charge is 0.493 e. The molecule has 1 N–H and O–H groups in total. The van der Waals surface area contributed by atoms with Gasteiger partial charge in [0.2, 0.25) is 0 Å². The standard InChI is InChI=1S/C13H16F2O3/c1-13(2,12(16)17)4-3-5-18-11-7-9(14)6-10(15)8-11/h6-8H,3-5H2,1-2H3,(H,16,17). The number of hydrogen-bond donors (Lipinski definition) is 1. The van der Waals surface area contributed by atoms with Crippen molar-refractivity contribution in [3.63, 3.8) is 0 Å². The van der Waals surface area contributed by atoms with Crippen LogP contribution in [0.25, 0.3) is 0 Å². The molecule has 0 aliphatic carbocycles. The van der Waals surface area contributed by atoms with E-state index < -0.39 is 23.0 Å². The Morgan fingerprint density at radius 2 is 1.83 bits per heavy atom. The number of carboxylic acid groups (broad SMARTS) is 1. The van der Waals surface area contributed by atoms with E-state index in [1.54, 1.807) is 13.8 Å². The molecule has 0 aromatic heterocycles. The van der Waals surface area contributed by atoms with Crippen molar-refractivity contribution in [3.8, 4) is 5.75 Å². The Balaban J connectivity index is 2.40. The van der Waals surface area contributed by atoms with Gasteiger partial charge in [-0.1, -0.05) is 0 Å². The average Bonchev–Trinajstić information content (AvgIpc) is 2.23. The lowest BCUT2D eigenvalue weighted by atomic mass is 9.88. The van der Waals surface area contributed by atoms with Crippen LogP contribution in [0.4, 0.5) is 8.78 Å². The molecule has 0 aliphatic heterocycles. The van der Waals surface area contributed by atoms with Crippen molar-refractivity contribution in [1.29, 1.82) is 0 Å². The minimum atomic E-state index is -0.876. The second-order valence-corrected chi connectivity index (χ2v) is 4.75. The molecule has 1 aromatic carbocycles. The molecular weight excluding hydrogens is 242 g/mol. The molecule has 0 heterocycles.